The van der Waals surface area contributed by atoms with Gasteiger partial charge < -0.3 is 28.4 Å². The SMILES string of the molecule is C=C1/C=C/CCOC(=O)C2OC(C)(OC)C(C)(OC)OC2C(=O)OCC1. The molecule has 0 aromatic heterocycles. The van der Waals surface area contributed by atoms with E-state index in [-0.39, 0.29) is 13.2 Å². The lowest BCUT2D eigenvalue weighted by atomic mass is 10.0. The number of hydrogen-bond acceptors (Lipinski definition) is 8. The number of esters is 2. The number of ether oxygens (including phenoxy) is 6. The van der Waals surface area contributed by atoms with Gasteiger partial charge in [0.05, 0.1) is 13.2 Å². The third kappa shape index (κ3) is 4.15. The van der Waals surface area contributed by atoms with Crippen molar-refractivity contribution in [3.05, 3.63) is 24.3 Å². The average molecular weight is 370 g/mol. The molecule has 0 aromatic carbocycles. The van der Waals surface area contributed by atoms with Gasteiger partial charge in [-0.15, -0.1) is 0 Å². The lowest BCUT2D eigenvalue weighted by Crippen LogP contribution is -2.68. The summed E-state index contributed by atoms with van der Waals surface area (Å²) < 4.78 is 32.8. The lowest BCUT2D eigenvalue weighted by Gasteiger charge is -2.50. The van der Waals surface area contributed by atoms with E-state index >= 15 is 0 Å². The van der Waals surface area contributed by atoms with Crippen LogP contribution in [0.5, 0.6) is 0 Å². The third-order valence-corrected chi connectivity index (χ3v) is 4.60. The van der Waals surface area contributed by atoms with Crippen LogP contribution in [-0.4, -0.2) is 63.2 Å². The van der Waals surface area contributed by atoms with Gasteiger partial charge in [0.25, 0.3) is 0 Å². The number of rotatable bonds is 2. The van der Waals surface area contributed by atoms with Gasteiger partial charge in [0, 0.05) is 20.6 Å². The molecule has 0 amide bonds. The topological polar surface area (TPSA) is 89.5 Å². The van der Waals surface area contributed by atoms with Crippen LogP contribution in [-0.2, 0) is 38.0 Å². The van der Waals surface area contributed by atoms with Gasteiger partial charge in [-0.1, -0.05) is 24.3 Å². The molecule has 8 heteroatoms. The maximum atomic E-state index is 12.5. The molecule has 26 heavy (non-hydrogen) atoms. The zero-order chi connectivity index (χ0) is 19.4. The van der Waals surface area contributed by atoms with Gasteiger partial charge in [0.1, 0.15) is 0 Å². The van der Waals surface area contributed by atoms with Gasteiger partial charge >= 0.3 is 11.9 Å². The van der Waals surface area contributed by atoms with Crippen molar-refractivity contribution in [1.29, 1.82) is 0 Å². The quantitative estimate of drug-likeness (QED) is 0.676. The Morgan fingerprint density at radius 1 is 1.00 bits per heavy atom. The van der Waals surface area contributed by atoms with E-state index in [4.69, 9.17) is 28.4 Å². The van der Waals surface area contributed by atoms with Crippen molar-refractivity contribution >= 4 is 11.9 Å². The van der Waals surface area contributed by atoms with E-state index in [0.717, 1.165) is 5.57 Å². The van der Waals surface area contributed by atoms with Crippen molar-refractivity contribution in [2.45, 2.75) is 50.5 Å². The van der Waals surface area contributed by atoms with E-state index < -0.39 is 35.7 Å². The molecule has 0 aliphatic carbocycles. The molecule has 2 aliphatic heterocycles. The molecule has 4 unspecified atom stereocenters. The number of hydrogen-bond donors (Lipinski definition) is 0. The van der Waals surface area contributed by atoms with Gasteiger partial charge in [0.2, 0.25) is 11.6 Å². The minimum Gasteiger partial charge on any atom is -0.463 e. The maximum absolute atomic E-state index is 12.5. The van der Waals surface area contributed by atoms with E-state index in [9.17, 15) is 9.59 Å². The van der Waals surface area contributed by atoms with Crippen LogP contribution in [0, 0.1) is 0 Å². The first-order valence-corrected chi connectivity index (χ1v) is 8.40. The third-order valence-electron chi connectivity index (χ3n) is 4.60. The van der Waals surface area contributed by atoms with Crippen LogP contribution in [0.3, 0.4) is 0 Å². The Labute approximate surface area is 153 Å². The molecule has 8 nitrogen and oxygen atoms in total. The minimum atomic E-state index is -1.44. The Morgan fingerprint density at radius 2 is 1.50 bits per heavy atom. The van der Waals surface area contributed by atoms with Crippen LogP contribution in [0.15, 0.2) is 24.3 Å². The molecule has 1 fully saturated rings. The van der Waals surface area contributed by atoms with Crippen LogP contribution in [0.2, 0.25) is 0 Å². The number of fused-ring (bicyclic) bond motifs is 1. The standard InChI is InChI=1S/C18H26O8/c1-12-8-6-7-10-23-15(19)13-14(16(20)24-11-9-12)26-18(3,22-5)17(2,21-4)25-13/h6,8,13-14H,1,7,9-11H2,2-5H3/b8-6+. The second kappa shape index (κ2) is 8.30. The predicted octanol–water partition coefficient (Wildman–Crippen LogP) is 1.49. The molecule has 4 atom stereocenters. The Kier molecular flexibility index (Phi) is 6.57. The highest BCUT2D eigenvalue weighted by Crippen LogP contribution is 2.39. The molecule has 2 rings (SSSR count). The van der Waals surface area contributed by atoms with Gasteiger partial charge in [-0.2, -0.15) is 0 Å². The van der Waals surface area contributed by atoms with Crippen LogP contribution in [0.1, 0.15) is 26.7 Å². The summed E-state index contributed by atoms with van der Waals surface area (Å²) in [5, 5.41) is 0. The molecule has 0 bridgehead atoms. The minimum absolute atomic E-state index is 0.106. The molecule has 0 saturated carbocycles. The Balaban J connectivity index is 2.30. The molecule has 0 radical (unpaired) electrons. The summed E-state index contributed by atoms with van der Waals surface area (Å²) in [7, 11) is 2.78. The normalized spacial score (nSPS) is 38.1. The van der Waals surface area contributed by atoms with Crippen molar-refractivity contribution in [3.63, 3.8) is 0 Å². The first-order chi connectivity index (χ1) is 12.3. The monoisotopic (exact) mass is 370 g/mol. The van der Waals surface area contributed by atoms with Gasteiger partial charge in [0.15, 0.2) is 12.2 Å². The smallest absolute Gasteiger partial charge is 0.338 e. The van der Waals surface area contributed by atoms with Crippen LogP contribution >= 0.6 is 0 Å². The van der Waals surface area contributed by atoms with Gasteiger partial charge in [-0.25, -0.2) is 9.59 Å². The molecule has 146 valence electrons. The fraction of sp³-hybridized carbons (Fsp3) is 0.667. The predicted molar refractivity (Wildman–Crippen MR) is 90.0 cm³/mol. The number of methoxy groups -OCH3 is 2. The average Bonchev–Trinajstić information content (AvgIpc) is 2.63. The summed E-state index contributed by atoms with van der Waals surface area (Å²) in [6, 6.07) is 0. The summed E-state index contributed by atoms with van der Waals surface area (Å²) in [6.07, 6.45) is 1.93. The highest BCUT2D eigenvalue weighted by atomic mass is 16.8. The second-order valence-corrected chi connectivity index (χ2v) is 6.31. The fourth-order valence-electron chi connectivity index (χ4n) is 2.64. The number of carbonyl (C=O) groups is 2. The molecular formula is C18H26O8. The lowest BCUT2D eigenvalue weighted by molar-refractivity contribution is -0.439. The van der Waals surface area contributed by atoms with Crippen molar-refractivity contribution < 1.29 is 38.0 Å². The van der Waals surface area contributed by atoms with Gasteiger partial charge in [-0.3, -0.25) is 0 Å². The zero-order valence-corrected chi connectivity index (χ0v) is 15.6. The second-order valence-electron chi connectivity index (χ2n) is 6.31. The first-order valence-electron chi connectivity index (χ1n) is 8.40. The van der Waals surface area contributed by atoms with E-state index in [1.165, 1.54) is 14.2 Å². The molecule has 0 spiro atoms. The molecule has 0 aromatic rings. The summed E-state index contributed by atoms with van der Waals surface area (Å²) in [5.41, 5.74) is 0.800. The van der Waals surface area contributed by atoms with Crippen molar-refractivity contribution in [2.24, 2.45) is 0 Å². The Bertz CT molecular complexity index is 586. The maximum Gasteiger partial charge on any atom is 0.338 e. The largest absolute Gasteiger partial charge is 0.463 e. The molecule has 2 aliphatic rings. The highest BCUT2D eigenvalue weighted by Gasteiger charge is 2.60. The van der Waals surface area contributed by atoms with E-state index in [2.05, 4.69) is 6.58 Å². The number of carbonyl (C=O) groups excluding carboxylic acids is 2. The van der Waals surface area contributed by atoms with Crippen LogP contribution < -0.4 is 0 Å². The van der Waals surface area contributed by atoms with Crippen molar-refractivity contribution in [1.82, 2.24) is 0 Å². The summed E-state index contributed by atoms with van der Waals surface area (Å²) >= 11 is 0. The molecule has 2 heterocycles. The Morgan fingerprint density at radius 3 is 2.00 bits per heavy atom. The first kappa shape index (κ1) is 20.6. The van der Waals surface area contributed by atoms with Crippen molar-refractivity contribution in [2.75, 3.05) is 27.4 Å². The van der Waals surface area contributed by atoms with Crippen molar-refractivity contribution in [3.8, 4) is 0 Å². The number of allylic oxidation sites excluding steroid dienone is 1. The number of cyclic esters (lactones) is 2. The van der Waals surface area contributed by atoms with E-state index in [1.807, 2.05) is 12.2 Å². The molecular weight excluding hydrogens is 344 g/mol. The van der Waals surface area contributed by atoms with Gasteiger partial charge in [-0.05, 0) is 20.3 Å². The summed E-state index contributed by atoms with van der Waals surface area (Å²) in [5.74, 6) is -4.37. The highest BCUT2D eigenvalue weighted by molar-refractivity contribution is 5.86. The van der Waals surface area contributed by atoms with E-state index in [1.54, 1.807) is 13.8 Å². The van der Waals surface area contributed by atoms with E-state index in [0.29, 0.717) is 12.8 Å². The summed E-state index contributed by atoms with van der Waals surface area (Å²) in [6.45, 7) is 7.22. The fourth-order valence-corrected chi connectivity index (χ4v) is 2.64. The summed E-state index contributed by atoms with van der Waals surface area (Å²) in [4.78, 5) is 25.0. The zero-order valence-electron chi connectivity index (χ0n) is 15.6. The molecule has 1 saturated heterocycles. The molecule has 0 N–H and O–H groups in total. The Hall–Kier alpha value is -1.74. The van der Waals surface area contributed by atoms with Crippen LogP contribution in [0.4, 0.5) is 0 Å². The van der Waals surface area contributed by atoms with Crippen LogP contribution in [0.25, 0.3) is 0 Å².